The van der Waals surface area contributed by atoms with Crippen molar-refractivity contribution in [2.24, 2.45) is 5.92 Å². The summed E-state index contributed by atoms with van der Waals surface area (Å²) in [5, 5.41) is 10.5. The largest absolute Gasteiger partial charge is 0.390 e. The molecular weight excluding hydrogens is 300 g/mol. The number of hydrogen-bond acceptors (Lipinski definition) is 4. The Labute approximate surface area is 146 Å². The van der Waals surface area contributed by atoms with Crippen molar-refractivity contribution in [3.05, 3.63) is 35.9 Å². The van der Waals surface area contributed by atoms with E-state index in [1.165, 1.54) is 18.4 Å². The first-order valence-corrected chi connectivity index (χ1v) is 9.51. The van der Waals surface area contributed by atoms with Crippen LogP contribution in [0, 0.1) is 5.92 Å². The second-order valence-corrected chi connectivity index (χ2v) is 7.30. The van der Waals surface area contributed by atoms with Crippen LogP contribution in [-0.2, 0) is 4.74 Å². The van der Waals surface area contributed by atoms with E-state index in [1.807, 2.05) is 0 Å². The maximum atomic E-state index is 10.5. The van der Waals surface area contributed by atoms with E-state index in [2.05, 4.69) is 47.1 Å². The minimum absolute atomic E-state index is 0.256. The molecule has 2 fully saturated rings. The van der Waals surface area contributed by atoms with Gasteiger partial charge in [-0.3, -0.25) is 4.90 Å². The summed E-state index contributed by atoms with van der Waals surface area (Å²) >= 11 is 0. The molecule has 2 heterocycles. The van der Waals surface area contributed by atoms with Crippen molar-refractivity contribution < 1.29 is 9.84 Å². The molecule has 1 aromatic rings. The molecule has 4 nitrogen and oxygen atoms in total. The summed E-state index contributed by atoms with van der Waals surface area (Å²) in [6, 6.07) is 11.0. The highest BCUT2D eigenvalue weighted by Crippen LogP contribution is 2.34. The third-order valence-corrected chi connectivity index (χ3v) is 5.61. The van der Waals surface area contributed by atoms with Gasteiger partial charge in [-0.05, 0) is 30.4 Å². The van der Waals surface area contributed by atoms with Crippen LogP contribution in [0.1, 0.15) is 31.2 Å². The molecule has 134 valence electrons. The molecule has 3 atom stereocenters. The predicted octanol–water partition coefficient (Wildman–Crippen LogP) is 2.20. The lowest BCUT2D eigenvalue weighted by atomic mass is 9.79. The highest BCUT2D eigenvalue weighted by molar-refractivity contribution is 5.21. The zero-order chi connectivity index (χ0) is 16.8. The second kappa shape index (κ2) is 8.95. The summed E-state index contributed by atoms with van der Waals surface area (Å²) in [7, 11) is 0. The zero-order valence-corrected chi connectivity index (χ0v) is 14.9. The van der Waals surface area contributed by atoms with Crippen LogP contribution in [0.5, 0.6) is 0 Å². The third-order valence-electron chi connectivity index (χ3n) is 5.61. The number of piperidine rings is 1. The monoisotopic (exact) mass is 332 g/mol. The Morgan fingerprint density at radius 2 is 1.79 bits per heavy atom. The van der Waals surface area contributed by atoms with E-state index < -0.39 is 0 Å². The number of benzene rings is 1. The molecule has 0 radical (unpaired) electrons. The number of nitrogens with zero attached hydrogens (tertiary/aromatic N) is 2. The molecule has 3 rings (SSSR count). The van der Waals surface area contributed by atoms with Gasteiger partial charge in [-0.25, -0.2) is 0 Å². The first-order chi connectivity index (χ1) is 11.8. The van der Waals surface area contributed by atoms with Gasteiger partial charge >= 0.3 is 0 Å². The van der Waals surface area contributed by atoms with Crippen molar-refractivity contribution in [1.29, 1.82) is 0 Å². The topological polar surface area (TPSA) is 35.9 Å². The van der Waals surface area contributed by atoms with E-state index in [0.29, 0.717) is 11.8 Å². The SMILES string of the molecule is CCC1CN(CC(O)CN2CCOCC2)CCC1c1ccccc1. The maximum Gasteiger partial charge on any atom is 0.0793 e. The summed E-state index contributed by atoms with van der Waals surface area (Å²) in [5.41, 5.74) is 1.48. The van der Waals surface area contributed by atoms with Gasteiger partial charge in [0.1, 0.15) is 0 Å². The Balaban J connectivity index is 1.50. The van der Waals surface area contributed by atoms with Crippen molar-refractivity contribution in [1.82, 2.24) is 9.80 Å². The van der Waals surface area contributed by atoms with Gasteiger partial charge < -0.3 is 14.7 Å². The normalized spacial score (nSPS) is 27.9. The standard InChI is InChI=1S/C20H32N2O2/c1-2-17-14-22(9-8-20(17)18-6-4-3-5-7-18)16-19(23)15-21-10-12-24-13-11-21/h3-7,17,19-20,23H,2,8-16H2,1H3. The molecule has 0 bridgehead atoms. The number of hydrogen-bond donors (Lipinski definition) is 1. The van der Waals surface area contributed by atoms with E-state index in [9.17, 15) is 5.11 Å². The fourth-order valence-corrected chi connectivity index (χ4v) is 4.26. The quantitative estimate of drug-likeness (QED) is 0.866. The molecule has 1 aromatic carbocycles. The molecule has 0 spiro atoms. The van der Waals surface area contributed by atoms with Crippen LogP contribution in [0.25, 0.3) is 0 Å². The Morgan fingerprint density at radius 1 is 1.08 bits per heavy atom. The smallest absolute Gasteiger partial charge is 0.0793 e. The van der Waals surface area contributed by atoms with Gasteiger partial charge in [0.25, 0.3) is 0 Å². The minimum Gasteiger partial charge on any atom is -0.390 e. The molecule has 0 saturated carbocycles. The van der Waals surface area contributed by atoms with E-state index in [0.717, 1.165) is 52.5 Å². The van der Waals surface area contributed by atoms with Crippen LogP contribution >= 0.6 is 0 Å². The first-order valence-electron chi connectivity index (χ1n) is 9.51. The summed E-state index contributed by atoms with van der Waals surface area (Å²) in [6.07, 6.45) is 2.15. The number of aliphatic hydroxyl groups is 1. The Hall–Kier alpha value is -0.940. The van der Waals surface area contributed by atoms with Crippen molar-refractivity contribution in [2.75, 3.05) is 52.5 Å². The molecule has 2 saturated heterocycles. The third kappa shape index (κ3) is 4.79. The van der Waals surface area contributed by atoms with Crippen LogP contribution < -0.4 is 0 Å². The van der Waals surface area contributed by atoms with Gasteiger partial charge in [0.15, 0.2) is 0 Å². The second-order valence-electron chi connectivity index (χ2n) is 7.30. The van der Waals surface area contributed by atoms with E-state index in [1.54, 1.807) is 0 Å². The highest BCUT2D eigenvalue weighted by Gasteiger charge is 2.30. The van der Waals surface area contributed by atoms with Crippen LogP contribution in [0.3, 0.4) is 0 Å². The number of aliphatic hydroxyl groups excluding tert-OH is 1. The van der Waals surface area contributed by atoms with Crippen molar-refractivity contribution in [2.45, 2.75) is 31.8 Å². The van der Waals surface area contributed by atoms with Crippen LogP contribution in [0.4, 0.5) is 0 Å². The van der Waals surface area contributed by atoms with Crippen LogP contribution in [0.2, 0.25) is 0 Å². The summed E-state index contributed by atoms with van der Waals surface area (Å²) < 4.78 is 5.38. The Kier molecular flexibility index (Phi) is 6.67. The van der Waals surface area contributed by atoms with Crippen LogP contribution in [-0.4, -0.2) is 73.5 Å². The van der Waals surface area contributed by atoms with E-state index >= 15 is 0 Å². The van der Waals surface area contributed by atoms with Gasteiger partial charge in [-0.1, -0.05) is 43.7 Å². The number of β-amino-alcohol motifs (C(OH)–C–C–N with tert-alkyl or cyclic N) is 1. The summed E-state index contributed by atoms with van der Waals surface area (Å²) in [5.74, 6) is 1.36. The fraction of sp³-hybridized carbons (Fsp3) is 0.700. The van der Waals surface area contributed by atoms with Crippen LogP contribution in [0.15, 0.2) is 30.3 Å². The number of rotatable bonds is 6. The lowest BCUT2D eigenvalue weighted by molar-refractivity contribution is 0.00226. The van der Waals surface area contributed by atoms with E-state index in [4.69, 9.17) is 4.74 Å². The Bertz CT molecular complexity index is 476. The van der Waals surface area contributed by atoms with Gasteiger partial charge in [0.2, 0.25) is 0 Å². The zero-order valence-electron chi connectivity index (χ0n) is 14.9. The molecule has 1 N–H and O–H groups in total. The van der Waals surface area contributed by atoms with Gasteiger partial charge in [0.05, 0.1) is 19.3 Å². The summed E-state index contributed by atoms with van der Waals surface area (Å²) in [6.45, 7) is 9.57. The molecule has 4 heteroatoms. The molecule has 2 aliphatic heterocycles. The highest BCUT2D eigenvalue weighted by atomic mass is 16.5. The van der Waals surface area contributed by atoms with Crippen molar-refractivity contribution in [3.8, 4) is 0 Å². The molecule has 3 unspecified atom stereocenters. The van der Waals surface area contributed by atoms with Crippen molar-refractivity contribution in [3.63, 3.8) is 0 Å². The molecule has 24 heavy (non-hydrogen) atoms. The molecule has 0 aromatic heterocycles. The van der Waals surface area contributed by atoms with Gasteiger partial charge in [0, 0.05) is 32.7 Å². The van der Waals surface area contributed by atoms with Crippen molar-refractivity contribution >= 4 is 0 Å². The molecular formula is C20H32N2O2. The molecule has 2 aliphatic rings. The van der Waals surface area contributed by atoms with Gasteiger partial charge in [-0.2, -0.15) is 0 Å². The number of likely N-dealkylation sites (tertiary alicyclic amines) is 1. The molecule has 0 aliphatic carbocycles. The lowest BCUT2D eigenvalue weighted by Crippen LogP contribution is -2.47. The average molecular weight is 332 g/mol. The lowest BCUT2D eigenvalue weighted by Gasteiger charge is -2.40. The average Bonchev–Trinajstić information content (AvgIpc) is 2.63. The fourth-order valence-electron chi connectivity index (χ4n) is 4.26. The first kappa shape index (κ1) is 17.9. The van der Waals surface area contributed by atoms with E-state index in [-0.39, 0.29) is 6.10 Å². The number of morpholine rings is 1. The minimum atomic E-state index is -0.256. The Morgan fingerprint density at radius 3 is 2.50 bits per heavy atom. The maximum absolute atomic E-state index is 10.5. The van der Waals surface area contributed by atoms with Gasteiger partial charge in [-0.15, -0.1) is 0 Å². The predicted molar refractivity (Wildman–Crippen MR) is 97.3 cm³/mol. The number of ether oxygens (including phenoxy) is 1. The summed E-state index contributed by atoms with van der Waals surface area (Å²) in [4.78, 5) is 4.79. The molecule has 0 amide bonds.